The van der Waals surface area contributed by atoms with Gasteiger partial charge in [-0.05, 0) is 50.0 Å². The Labute approximate surface area is 135 Å². The Morgan fingerprint density at radius 1 is 1.23 bits per heavy atom. The van der Waals surface area contributed by atoms with E-state index < -0.39 is 0 Å². The number of amides is 1. The molecule has 0 aromatic carbocycles. The maximum absolute atomic E-state index is 12.1. The number of aliphatic hydroxyl groups is 1. The fourth-order valence-corrected chi connectivity index (χ4v) is 3.91. The zero-order valence-corrected chi connectivity index (χ0v) is 14.4. The van der Waals surface area contributed by atoms with E-state index in [2.05, 4.69) is 24.1 Å². The van der Waals surface area contributed by atoms with Crippen molar-refractivity contribution < 1.29 is 9.90 Å². The van der Waals surface area contributed by atoms with Crippen molar-refractivity contribution in [2.24, 2.45) is 11.3 Å². The maximum Gasteiger partial charge on any atom is 0.220 e. The summed E-state index contributed by atoms with van der Waals surface area (Å²) in [5.41, 5.74) is 0.324. The van der Waals surface area contributed by atoms with Gasteiger partial charge in [0.05, 0.1) is 6.10 Å². The fraction of sp³-hybridized carbons (Fsp3) is 0.944. The van der Waals surface area contributed by atoms with Gasteiger partial charge < -0.3 is 15.3 Å². The molecule has 1 unspecified atom stereocenters. The zero-order chi connectivity index (χ0) is 16.0. The van der Waals surface area contributed by atoms with Crippen molar-refractivity contribution in [1.82, 2.24) is 10.2 Å². The highest BCUT2D eigenvalue weighted by Gasteiger charge is 2.33. The Morgan fingerprint density at radius 3 is 2.64 bits per heavy atom. The van der Waals surface area contributed by atoms with Crippen LogP contribution in [0, 0.1) is 11.3 Å². The molecule has 1 saturated heterocycles. The number of hydrogen-bond donors (Lipinski definition) is 2. The Hall–Kier alpha value is -0.610. The summed E-state index contributed by atoms with van der Waals surface area (Å²) in [4.78, 5) is 14.5. The number of nitrogens with one attached hydrogen (secondary N) is 1. The highest BCUT2D eigenvalue weighted by atomic mass is 16.3. The number of piperidine rings is 1. The van der Waals surface area contributed by atoms with Gasteiger partial charge in [-0.3, -0.25) is 4.79 Å². The van der Waals surface area contributed by atoms with Crippen molar-refractivity contribution in [1.29, 1.82) is 0 Å². The summed E-state index contributed by atoms with van der Waals surface area (Å²) in [6.45, 7) is 8.42. The molecule has 0 aromatic heterocycles. The molecule has 4 nitrogen and oxygen atoms in total. The van der Waals surface area contributed by atoms with Gasteiger partial charge in [0.1, 0.15) is 0 Å². The normalized spacial score (nSPS) is 26.8. The third-order valence-electron chi connectivity index (χ3n) is 5.69. The maximum atomic E-state index is 12.1. The van der Waals surface area contributed by atoms with Gasteiger partial charge in [0, 0.05) is 26.1 Å². The molecule has 0 bridgehead atoms. The van der Waals surface area contributed by atoms with Crippen molar-refractivity contribution in [2.45, 2.75) is 71.3 Å². The largest absolute Gasteiger partial charge is 0.393 e. The fourth-order valence-electron chi connectivity index (χ4n) is 3.91. The molecular formula is C18H34N2O2. The van der Waals surface area contributed by atoms with Crippen LogP contribution >= 0.6 is 0 Å². The van der Waals surface area contributed by atoms with Crippen molar-refractivity contribution in [3.8, 4) is 0 Å². The minimum Gasteiger partial charge on any atom is -0.393 e. The molecule has 128 valence electrons. The Balaban J connectivity index is 1.58. The number of carbonyl (C=O) groups excluding carboxylic acids is 1. The molecule has 2 N–H and O–H groups in total. The van der Waals surface area contributed by atoms with Crippen molar-refractivity contribution in [3.05, 3.63) is 0 Å². The standard InChI is InChI=1S/C18H34N2O2/c1-18(2)9-4-3-6-15(18)14-17(22)19-10-5-11-20-12-7-16(21)8-13-20/h15-16,21H,3-14H2,1-2H3,(H,19,22). The summed E-state index contributed by atoms with van der Waals surface area (Å²) in [6.07, 6.45) is 8.44. The van der Waals surface area contributed by atoms with E-state index >= 15 is 0 Å². The van der Waals surface area contributed by atoms with Gasteiger partial charge in [0.2, 0.25) is 5.91 Å². The number of carbonyl (C=O) groups is 1. The quantitative estimate of drug-likeness (QED) is 0.741. The molecule has 2 aliphatic rings. The molecule has 0 aromatic rings. The number of hydrogen-bond acceptors (Lipinski definition) is 3. The lowest BCUT2D eigenvalue weighted by atomic mass is 9.67. The van der Waals surface area contributed by atoms with Gasteiger partial charge in [-0.2, -0.15) is 0 Å². The second-order valence-electron chi connectivity index (χ2n) is 7.91. The first-order chi connectivity index (χ1) is 10.5. The third-order valence-corrected chi connectivity index (χ3v) is 5.69. The third kappa shape index (κ3) is 5.54. The van der Waals surface area contributed by atoms with Crippen LogP contribution in [0.1, 0.15) is 65.2 Å². The van der Waals surface area contributed by atoms with Crippen molar-refractivity contribution >= 4 is 5.91 Å². The molecule has 4 heteroatoms. The predicted molar refractivity (Wildman–Crippen MR) is 89.7 cm³/mol. The number of aliphatic hydroxyl groups excluding tert-OH is 1. The first kappa shape index (κ1) is 17.7. The van der Waals surface area contributed by atoms with E-state index in [4.69, 9.17) is 0 Å². The van der Waals surface area contributed by atoms with Crippen LogP contribution < -0.4 is 5.32 Å². The molecule has 1 saturated carbocycles. The number of nitrogens with zero attached hydrogens (tertiary/aromatic N) is 1. The SMILES string of the molecule is CC1(C)CCCCC1CC(=O)NCCCN1CCC(O)CC1. The van der Waals surface area contributed by atoms with Gasteiger partial charge in [-0.25, -0.2) is 0 Å². The van der Waals surface area contributed by atoms with Crippen LogP contribution in [-0.2, 0) is 4.79 Å². The minimum atomic E-state index is -0.102. The molecule has 1 aliphatic heterocycles. The van der Waals surface area contributed by atoms with Gasteiger partial charge in [0.25, 0.3) is 0 Å². The summed E-state index contributed by atoms with van der Waals surface area (Å²) >= 11 is 0. The average molecular weight is 310 g/mol. The Morgan fingerprint density at radius 2 is 1.95 bits per heavy atom. The second-order valence-corrected chi connectivity index (χ2v) is 7.91. The highest BCUT2D eigenvalue weighted by molar-refractivity contribution is 5.76. The van der Waals surface area contributed by atoms with E-state index in [0.717, 1.165) is 45.4 Å². The predicted octanol–water partition coefficient (Wildman–Crippen LogP) is 2.56. The average Bonchev–Trinajstić information content (AvgIpc) is 2.48. The first-order valence-electron chi connectivity index (χ1n) is 9.14. The smallest absolute Gasteiger partial charge is 0.220 e. The van der Waals surface area contributed by atoms with E-state index in [-0.39, 0.29) is 12.0 Å². The lowest BCUT2D eigenvalue weighted by molar-refractivity contribution is -0.123. The number of likely N-dealkylation sites (tertiary alicyclic amines) is 1. The number of rotatable bonds is 6. The van der Waals surface area contributed by atoms with Crippen LogP contribution in [0.25, 0.3) is 0 Å². The summed E-state index contributed by atoms with van der Waals surface area (Å²) in [7, 11) is 0. The molecule has 1 heterocycles. The van der Waals surface area contributed by atoms with E-state index in [0.29, 0.717) is 17.8 Å². The van der Waals surface area contributed by atoms with Crippen LogP contribution in [0.5, 0.6) is 0 Å². The molecule has 2 fully saturated rings. The monoisotopic (exact) mass is 310 g/mol. The molecule has 22 heavy (non-hydrogen) atoms. The molecule has 1 amide bonds. The van der Waals surface area contributed by atoms with E-state index in [1.807, 2.05) is 0 Å². The van der Waals surface area contributed by atoms with Crippen LogP contribution in [0.3, 0.4) is 0 Å². The summed E-state index contributed by atoms with van der Waals surface area (Å²) < 4.78 is 0. The van der Waals surface area contributed by atoms with Crippen molar-refractivity contribution in [3.63, 3.8) is 0 Å². The lowest BCUT2D eigenvalue weighted by Gasteiger charge is -2.38. The molecule has 1 atom stereocenters. The van der Waals surface area contributed by atoms with Gasteiger partial charge in [-0.15, -0.1) is 0 Å². The molecule has 0 spiro atoms. The summed E-state index contributed by atoms with van der Waals surface area (Å²) in [5.74, 6) is 0.777. The van der Waals surface area contributed by atoms with Crippen LogP contribution in [-0.4, -0.2) is 48.2 Å². The lowest BCUT2D eigenvalue weighted by Crippen LogP contribution is -2.38. The highest BCUT2D eigenvalue weighted by Crippen LogP contribution is 2.42. The van der Waals surface area contributed by atoms with Crippen LogP contribution in [0.4, 0.5) is 0 Å². The molecule has 1 aliphatic carbocycles. The van der Waals surface area contributed by atoms with E-state index in [1.165, 1.54) is 25.7 Å². The van der Waals surface area contributed by atoms with Gasteiger partial charge >= 0.3 is 0 Å². The summed E-state index contributed by atoms with van der Waals surface area (Å²) in [5, 5.41) is 12.6. The first-order valence-corrected chi connectivity index (χ1v) is 9.14. The molecule has 0 radical (unpaired) electrons. The topological polar surface area (TPSA) is 52.6 Å². The van der Waals surface area contributed by atoms with E-state index in [1.54, 1.807) is 0 Å². The zero-order valence-electron chi connectivity index (χ0n) is 14.4. The summed E-state index contributed by atoms with van der Waals surface area (Å²) in [6, 6.07) is 0. The van der Waals surface area contributed by atoms with Crippen LogP contribution in [0.15, 0.2) is 0 Å². The minimum absolute atomic E-state index is 0.102. The van der Waals surface area contributed by atoms with Gasteiger partial charge in [-0.1, -0.05) is 26.7 Å². The second kappa shape index (κ2) is 8.30. The van der Waals surface area contributed by atoms with E-state index in [9.17, 15) is 9.90 Å². The van der Waals surface area contributed by atoms with Crippen LogP contribution in [0.2, 0.25) is 0 Å². The van der Waals surface area contributed by atoms with Crippen molar-refractivity contribution in [2.75, 3.05) is 26.2 Å². The molecule has 2 rings (SSSR count). The van der Waals surface area contributed by atoms with Gasteiger partial charge in [0.15, 0.2) is 0 Å². The Kier molecular flexibility index (Phi) is 6.69. The molecular weight excluding hydrogens is 276 g/mol. The Bertz CT molecular complexity index is 349.